The quantitative estimate of drug-likeness (QED) is 0.805. The number of hydrogen-bond acceptors (Lipinski definition) is 2. The molecule has 2 heterocycles. The third-order valence-corrected chi connectivity index (χ3v) is 3.88. The van der Waals surface area contributed by atoms with Gasteiger partial charge in [0, 0.05) is 23.1 Å². The summed E-state index contributed by atoms with van der Waals surface area (Å²) in [5, 5.41) is 5.94. The van der Waals surface area contributed by atoms with Crippen LogP contribution < -0.4 is 0 Å². The standard InChI is InChI=1S/C13H15BrN2O/c1-9-12-3-2-10(14)8-13(12)16(15-9)11-4-6-17-7-5-11/h2-3,8,11H,4-7H2,1H3. The van der Waals surface area contributed by atoms with Gasteiger partial charge in [0.15, 0.2) is 0 Å². The molecule has 2 aromatic rings. The maximum Gasteiger partial charge on any atom is 0.0699 e. The lowest BCUT2D eigenvalue weighted by molar-refractivity contribution is 0.0674. The summed E-state index contributed by atoms with van der Waals surface area (Å²) >= 11 is 3.53. The summed E-state index contributed by atoms with van der Waals surface area (Å²) in [6.45, 7) is 3.77. The Bertz CT molecular complexity index is 544. The molecule has 1 aromatic carbocycles. The van der Waals surface area contributed by atoms with Crippen molar-refractivity contribution in [3.63, 3.8) is 0 Å². The summed E-state index contributed by atoms with van der Waals surface area (Å²) in [6, 6.07) is 6.85. The molecule has 0 aliphatic carbocycles. The fourth-order valence-corrected chi connectivity index (χ4v) is 2.83. The first-order chi connectivity index (χ1) is 8.25. The monoisotopic (exact) mass is 294 g/mol. The molecule has 0 unspecified atom stereocenters. The van der Waals surface area contributed by atoms with E-state index in [-0.39, 0.29) is 0 Å². The van der Waals surface area contributed by atoms with Crippen LogP contribution in [-0.2, 0) is 4.74 Å². The molecule has 1 aliphatic rings. The van der Waals surface area contributed by atoms with Gasteiger partial charge in [0.05, 0.1) is 17.3 Å². The van der Waals surface area contributed by atoms with Crippen LogP contribution in [0.4, 0.5) is 0 Å². The molecule has 0 spiro atoms. The van der Waals surface area contributed by atoms with Crippen LogP contribution in [0.3, 0.4) is 0 Å². The number of hydrogen-bond donors (Lipinski definition) is 0. The topological polar surface area (TPSA) is 27.1 Å². The number of aromatic nitrogens is 2. The van der Waals surface area contributed by atoms with Crippen LogP contribution in [0, 0.1) is 6.92 Å². The zero-order chi connectivity index (χ0) is 11.8. The highest BCUT2D eigenvalue weighted by atomic mass is 79.9. The zero-order valence-electron chi connectivity index (χ0n) is 9.82. The Morgan fingerprint density at radius 3 is 2.88 bits per heavy atom. The van der Waals surface area contributed by atoms with E-state index in [4.69, 9.17) is 9.84 Å². The second-order valence-corrected chi connectivity index (χ2v) is 5.45. The lowest BCUT2D eigenvalue weighted by Gasteiger charge is -2.23. The molecule has 17 heavy (non-hydrogen) atoms. The van der Waals surface area contributed by atoms with Crippen LogP contribution in [0.25, 0.3) is 10.9 Å². The molecule has 1 fully saturated rings. The van der Waals surface area contributed by atoms with Crippen molar-refractivity contribution < 1.29 is 4.74 Å². The molecule has 1 aliphatic heterocycles. The average molecular weight is 295 g/mol. The summed E-state index contributed by atoms with van der Waals surface area (Å²) in [5.41, 5.74) is 2.34. The highest BCUT2D eigenvalue weighted by Gasteiger charge is 2.19. The Labute approximate surface area is 109 Å². The van der Waals surface area contributed by atoms with Gasteiger partial charge in [-0.3, -0.25) is 4.68 Å². The predicted molar refractivity (Wildman–Crippen MR) is 71.3 cm³/mol. The van der Waals surface area contributed by atoms with E-state index in [1.807, 2.05) is 0 Å². The third kappa shape index (κ3) is 2.00. The molecule has 0 N–H and O–H groups in total. The van der Waals surface area contributed by atoms with Gasteiger partial charge in [-0.25, -0.2) is 0 Å². The van der Waals surface area contributed by atoms with Crippen molar-refractivity contribution in [1.29, 1.82) is 0 Å². The molecule has 0 bridgehead atoms. The minimum absolute atomic E-state index is 0.481. The van der Waals surface area contributed by atoms with E-state index in [2.05, 4.69) is 45.7 Å². The molecule has 1 saturated heterocycles. The van der Waals surface area contributed by atoms with Crippen LogP contribution in [0.1, 0.15) is 24.6 Å². The number of halogens is 1. The van der Waals surface area contributed by atoms with Crippen LogP contribution in [0.2, 0.25) is 0 Å². The van der Waals surface area contributed by atoms with E-state index in [0.29, 0.717) is 6.04 Å². The molecule has 3 nitrogen and oxygen atoms in total. The van der Waals surface area contributed by atoms with Crippen molar-refractivity contribution in [2.75, 3.05) is 13.2 Å². The Kier molecular flexibility index (Phi) is 2.92. The maximum atomic E-state index is 5.41. The molecule has 1 aromatic heterocycles. The van der Waals surface area contributed by atoms with E-state index < -0.39 is 0 Å². The van der Waals surface area contributed by atoms with E-state index in [9.17, 15) is 0 Å². The molecule has 0 atom stereocenters. The summed E-state index contributed by atoms with van der Waals surface area (Å²) in [5.74, 6) is 0. The second-order valence-electron chi connectivity index (χ2n) is 4.53. The van der Waals surface area contributed by atoms with Crippen molar-refractivity contribution in [3.05, 3.63) is 28.4 Å². The van der Waals surface area contributed by atoms with E-state index in [1.54, 1.807) is 0 Å². The van der Waals surface area contributed by atoms with Gasteiger partial charge in [-0.15, -0.1) is 0 Å². The number of rotatable bonds is 1. The summed E-state index contributed by atoms with van der Waals surface area (Å²) in [6.07, 6.45) is 2.12. The van der Waals surface area contributed by atoms with Crippen LogP contribution in [-0.4, -0.2) is 23.0 Å². The zero-order valence-corrected chi connectivity index (χ0v) is 11.4. The summed E-state index contributed by atoms with van der Waals surface area (Å²) in [7, 11) is 0. The second kappa shape index (κ2) is 4.42. The fraction of sp³-hybridized carbons (Fsp3) is 0.462. The van der Waals surface area contributed by atoms with Crippen LogP contribution in [0.5, 0.6) is 0 Å². The molecule has 0 radical (unpaired) electrons. The smallest absolute Gasteiger partial charge is 0.0699 e. The van der Waals surface area contributed by atoms with Gasteiger partial charge in [-0.1, -0.05) is 15.9 Å². The van der Waals surface area contributed by atoms with Gasteiger partial charge in [-0.2, -0.15) is 5.10 Å². The number of ether oxygens (including phenoxy) is 1. The van der Waals surface area contributed by atoms with Crippen molar-refractivity contribution in [2.24, 2.45) is 0 Å². The highest BCUT2D eigenvalue weighted by Crippen LogP contribution is 2.28. The van der Waals surface area contributed by atoms with Gasteiger partial charge in [-0.05, 0) is 38.0 Å². The Hall–Kier alpha value is -0.870. The molecule has 0 saturated carbocycles. The minimum atomic E-state index is 0.481. The first-order valence-corrected chi connectivity index (χ1v) is 6.77. The Morgan fingerprint density at radius 2 is 2.12 bits per heavy atom. The normalized spacial score (nSPS) is 17.8. The highest BCUT2D eigenvalue weighted by molar-refractivity contribution is 9.10. The minimum Gasteiger partial charge on any atom is -0.381 e. The van der Waals surface area contributed by atoms with Crippen molar-refractivity contribution >= 4 is 26.8 Å². The van der Waals surface area contributed by atoms with Gasteiger partial charge in [0.2, 0.25) is 0 Å². The lowest BCUT2D eigenvalue weighted by atomic mass is 10.1. The third-order valence-electron chi connectivity index (χ3n) is 3.39. The Morgan fingerprint density at radius 1 is 1.35 bits per heavy atom. The summed E-state index contributed by atoms with van der Waals surface area (Å²) < 4.78 is 8.70. The largest absolute Gasteiger partial charge is 0.381 e. The number of aryl methyl sites for hydroxylation is 1. The van der Waals surface area contributed by atoms with Gasteiger partial charge >= 0.3 is 0 Å². The number of fused-ring (bicyclic) bond motifs is 1. The van der Waals surface area contributed by atoms with Crippen LogP contribution in [0.15, 0.2) is 22.7 Å². The molecular formula is C13H15BrN2O. The average Bonchev–Trinajstić information content (AvgIpc) is 2.67. The molecular weight excluding hydrogens is 280 g/mol. The SMILES string of the molecule is Cc1nn(C2CCOCC2)c2cc(Br)ccc12. The van der Waals surface area contributed by atoms with Crippen molar-refractivity contribution in [2.45, 2.75) is 25.8 Å². The predicted octanol–water partition coefficient (Wildman–Crippen LogP) is 3.46. The molecule has 90 valence electrons. The van der Waals surface area contributed by atoms with Gasteiger partial charge < -0.3 is 4.74 Å². The molecule has 3 rings (SSSR count). The van der Waals surface area contributed by atoms with E-state index >= 15 is 0 Å². The van der Waals surface area contributed by atoms with Crippen molar-refractivity contribution in [3.8, 4) is 0 Å². The van der Waals surface area contributed by atoms with Crippen LogP contribution >= 0.6 is 15.9 Å². The summed E-state index contributed by atoms with van der Waals surface area (Å²) in [4.78, 5) is 0. The van der Waals surface area contributed by atoms with Gasteiger partial charge in [0.1, 0.15) is 0 Å². The maximum absolute atomic E-state index is 5.41. The van der Waals surface area contributed by atoms with E-state index in [1.165, 1.54) is 10.9 Å². The fourth-order valence-electron chi connectivity index (χ4n) is 2.48. The number of nitrogens with zero attached hydrogens (tertiary/aromatic N) is 2. The van der Waals surface area contributed by atoms with E-state index in [0.717, 1.165) is 36.2 Å². The molecule has 4 heteroatoms. The van der Waals surface area contributed by atoms with Crippen molar-refractivity contribution in [1.82, 2.24) is 9.78 Å². The Balaban J connectivity index is 2.11. The van der Waals surface area contributed by atoms with Gasteiger partial charge in [0.25, 0.3) is 0 Å². The number of benzene rings is 1. The first kappa shape index (κ1) is 11.2. The molecule has 0 amide bonds. The first-order valence-electron chi connectivity index (χ1n) is 5.98. The lowest BCUT2D eigenvalue weighted by Crippen LogP contribution is -2.20.